The lowest BCUT2D eigenvalue weighted by Gasteiger charge is -2.00. The Morgan fingerprint density at radius 1 is 1.22 bits per heavy atom. The molecule has 116 valence electrons. The zero-order valence-electron chi connectivity index (χ0n) is 12.3. The topological polar surface area (TPSA) is 57.2 Å². The number of fused-ring (bicyclic) bond motifs is 1. The van der Waals surface area contributed by atoms with Crippen LogP contribution in [0.2, 0.25) is 5.02 Å². The average Bonchev–Trinajstić information content (AvgIpc) is 2.95. The molecule has 1 aromatic heterocycles. The van der Waals surface area contributed by atoms with E-state index in [1.165, 1.54) is 11.8 Å². The summed E-state index contributed by atoms with van der Waals surface area (Å²) in [6, 6.07) is 15.0. The molecule has 1 heterocycles. The first kappa shape index (κ1) is 15.6. The van der Waals surface area contributed by atoms with Gasteiger partial charge in [-0.1, -0.05) is 41.9 Å². The number of benzene rings is 2. The molecule has 6 heteroatoms. The second-order valence-corrected chi connectivity index (χ2v) is 6.08. The number of halogens is 1. The number of nitrogens with zero attached hydrogens (tertiary/aromatic N) is 1. The van der Waals surface area contributed by atoms with E-state index >= 15 is 0 Å². The van der Waals surface area contributed by atoms with Crippen molar-refractivity contribution in [2.24, 2.45) is 5.10 Å². The molecular formula is C17H14ClN3OS. The van der Waals surface area contributed by atoms with Gasteiger partial charge in [0.25, 0.3) is 5.91 Å². The van der Waals surface area contributed by atoms with Crippen LogP contribution >= 0.6 is 23.4 Å². The van der Waals surface area contributed by atoms with Crippen molar-refractivity contribution in [1.29, 1.82) is 0 Å². The van der Waals surface area contributed by atoms with Gasteiger partial charge in [-0.05, 0) is 30.0 Å². The van der Waals surface area contributed by atoms with E-state index in [2.05, 4.69) is 15.5 Å². The van der Waals surface area contributed by atoms with E-state index < -0.39 is 0 Å². The Morgan fingerprint density at radius 2 is 1.96 bits per heavy atom. The summed E-state index contributed by atoms with van der Waals surface area (Å²) >= 11 is 7.36. The number of amides is 1. The number of H-pyrrole nitrogens is 1. The van der Waals surface area contributed by atoms with Gasteiger partial charge in [0.1, 0.15) is 5.69 Å². The summed E-state index contributed by atoms with van der Waals surface area (Å²) in [6.45, 7) is 0. The molecule has 2 aromatic carbocycles. The van der Waals surface area contributed by atoms with E-state index in [0.29, 0.717) is 10.7 Å². The van der Waals surface area contributed by atoms with E-state index in [-0.39, 0.29) is 5.91 Å². The molecule has 0 radical (unpaired) electrons. The summed E-state index contributed by atoms with van der Waals surface area (Å²) < 4.78 is 0. The van der Waals surface area contributed by atoms with Gasteiger partial charge in [-0.2, -0.15) is 5.10 Å². The van der Waals surface area contributed by atoms with Crippen LogP contribution in [0, 0.1) is 0 Å². The number of hydrogen-bond donors (Lipinski definition) is 2. The number of carbonyl (C=O) groups excluding carboxylic acids is 1. The molecule has 0 aliphatic carbocycles. The number of hydrazone groups is 1. The maximum atomic E-state index is 12.3. The molecule has 0 atom stereocenters. The minimum Gasteiger partial charge on any atom is -0.350 e. The third kappa shape index (κ3) is 3.41. The minimum absolute atomic E-state index is 0.268. The van der Waals surface area contributed by atoms with Crippen LogP contribution < -0.4 is 5.43 Å². The van der Waals surface area contributed by atoms with E-state index in [1.807, 2.05) is 42.7 Å². The minimum atomic E-state index is -0.268. The van der Waals surface area contributed by atoms with Crippen LogP contribution in [0.15, 0.2) is 58.5 Å². The fraction of sp³-hybridized carbons (Fsp3) is 0.0588. The zero-order valence-corrected chi connectivity index (χ0v) is 13.9. The van der Waals surface area contributed by atoms with Gasteiger partial charge in [0.15, 0.2) is 0 Å². The predicted octanol–water partition coefficient (Wildman–Crippen LogP) is 4.31. The molecule has 4 nitrogen and oxygen atoms in total. The maximum Gasteiger partial charge on any atom is 0.288 e. The van der Waals surface area contributed by atoms with Crippen LogP contribution in [0.25, 0.3) is 10.9 Å². The van der Waals surface area contributed by atoms with Crippen molar-refractivity contribution in [2.45, 2.75) is 4.90 Å². The van der Waals surface area contributed by atoms with Crippen molar-refractivity contribution in [1.82, 2.24) is 10.4 Å². The van der Waals surface area contributed by atoms with Crippen molar-refractivity contribution in [3.8, 4) is 0 Å². The number of aromatic nitrogens is 1. The molecule has 23 heavy (non-hydrogen) atoms. The molecule has 3 rings (SSSR count). The molecule has 0 unspecified atom stereocenters. The van der Waals surface area contributed by atoms with Crippen molar-refractivity contribution in [2.75, 3.05) is 6.26 Å². The molecule has 0 saturated heterocycles. The number of aromatic amines is 1. The average molecular weight is 344 g/mol. The van der Waals surface area contributed by atoms with Gasteiger partial charge in [-0.15, -0.1) is 11.8 Å². The SMILES string of the molecule is CSc1c(C(=O)N/N=C\c2ccc(Cl)cc2)[nH]c2ccccc12. The molecule has 0 spiro atoms. The fourth-order valence-electron chi connectivity index (χ4n) is 2.26. The zero-order chi connectivity index (χ0) is 16.2. The Bertz CT molecular complexity index is 871. The normalized spacial score (nSPS) is 11.2. The fourth-order valence-corrected chi connectivity index (χ4v) is 3.13. The highest BCUT2D eigenvalue weighted by Crippen LogP contribution is 2.30. The van der Waals surface area contributed by atoms with Crippen molar-refractivity contribution >= 4 is 46.4 Å². The quantitative estimate of drug-likeness (QED) is 0.421. The predicted molar refractivity (Wildman–Crippen MR) is 96.6 cm³/mol. The second-order valence-electron chi connectivity index (χ2n) is 4.83. The van der Waals surface area contributed by atoms with Crippen molar-refractivity contribution in [3.05, 3.63) is 64.8 Å². The molecule has 2 N–H and O–H groups in total. The first-order valence-corrected chi connectivity index (χ1v) is 8.53. The number of carbonyl (C=O) groups is 1. The van der Waals surface area contributed by atoms with Crippen molar-refractivity contribution < 1.29 is 4.79 Å². The molecule has 1 amide bonds. The highest BCUT2D eigenvalue weighted by atomic mass is 35.5. The molecule has 0 aliphatic heterocycles. The highest BCUT2D eigenvalue weighted by molar-refractivity contribution is 7.99. The van der Waals surface area contributed by atoms with Crippen LogP contribution in [-0.4, -0.2) is 23.4 Å². The number of para-hydroxylation sites is 1. The maximum absolute atomic E-state index is 12.3. The van der Waals surface area contributed by atoms with Gasteiger partial charge < -0.3 is 4.98 Å². The Labute approximate surface area is 142 Å². The Morgan fingerprint density at radius 3 is 2.70 bits per heavy atom. The number of thioether (sulfide) groups is 1. The summed E-state index contributed by atoms with van der Waals surface area (Å²) in [5.41, 5.74) is 4.86. The van der Waals surface area contributed by atoms with E-state index in [1.54, 1.807) is 18.3 Å². The van der Waals surface area contributed by atoms with Gasteiger partial charge in [0.2, 0.25) is 0 Å². The van der Waals surface area contributed by atoms with E-state index in [4.69, 9.17) is 11.6 Å². The van der Waals surface area contributed by atoms with Crippen LogP contribution in [0.3, 0.4) is 0 Å². The van der Waals surface area contributed by atoms with Crippen LogP contribution in [0.1, 0.15) is 16.1 Å². The van der Waals surface area contributed by atoms with Gasteiger partial charge in [0.05, 0.1) is 6.21 Å². The molecule has 0 bridgehead atoms. The van der Waals surface area contributed by atoms with Gasteiger partial charge in [-0.3, -0.25) is 4.79 Å². The molecule has 0 saturated carbocycles. The Hall–Kier alpha value is -2.24. The largest absolute Gasteiger partial charge is 0.350 e. The van der Waals surface area contributed by atoms with Crippen LogP contribution in [0.4, 0.5) is 0 Å². The smallest absolute Gasteiger partial charge is 0.288 e. The van der Waals surface area contributed by atoms with E-state index in [0.717, 1.165) is 21.4 Å². The van der Waals surface area contributed by atoms with Crippen LogP contribution in [-0.2, 0) is 0 Å². The summed E-state index contributed by atoms with van der Waals surface area (Å²) in [4.78, 5) is 16.4. The molecule has 0 fully saturated rings. The highest BCUT2D eigenvalue weighted by Gasteiger charge is 2.16. The first-order valence-electron chi connectivity index (χ1n) is 6.92. The van der Waals surface area contributed by atoms with Gasteiger partial charge >= 0.3 is 0 Å². The molecule has 3 aromatic rings. The number of nitrogens with one attached hydrogen (secondary N) is 2. The number of hydrogen-bond acceptors (Lipinski definition) is 3. The summed E-state index contributed by atoms with van der Waals surface area (Å²) in [6.07, 6.45) is 3.53. The first-order chi connectivity index (χ1) is 11.2. The summed E-state index contributed by atoms with van der Waals surface area (Å²) in [5, 5.41) is 5.69. The summed E-state index contributed by atoms with van der Waals surface area (Å²) in [7, 11) is 0. The Balaban J connectivity index is 1.79. The monoisotopic (exact) mass is 343 g/mol. The van der Waals surface area contributed by atoms with Gasteiger partial charge in [0, 0.05) is 20.8 Å². The second kappa shape index (κ2) is 6.89. The van der Waals surface area contributed by atoms with E-state index in [9.17, 15) is 4.79 Å². The lowest BCUT2D eigenvalue weighted by atomic mass is 10.2. The number of rotatable bonds is 4. The molecule has 0 aliphatic rings. The van der Waals surface area contributed by atoms with Gasteiger partial charge in [-0.25, -0.2) is 5.43 Å². The lowest BCUT2D eigenvalue weighted by molar-refractivity contribution is 0.0948. The third-order valence-electron chi connectivity index (χ3n) is 3.34. The molecular weight excluding hydrogens is 330 g/mol. The Kier molecular flexibility index (Phi) is 4.69. The standard InChI is InChI=1S/C17H14ClN3OS/c1-23-16-13-4-2-3-5-14(13)20-15(16)17(22)21-19-10-11-6-8-12(18)9-7-11/h2-10,20H,1H3,(H,21,22)/b19-10-. The third-order valence-corrected chi connectivity index (χ3v) is 4.42. The lowest BCUT2D eigenvalue weighted by Crippen LogP contribution is -2.18. The summed E-state index contributed by atoms with van der Waals surface area (Å²) in [5.74, 6) is -0.268. The van der Waals surface area contributed by atoms with Crippen LogP contribution in [0.5, 0.6) is 0 Å². The van der Waals surface area contributed by atoms with Crippen molar-refractivity contribution in [3.63, 3.8) is 0 Å².